The summed E-state index contributed by atoms with van der Waals surface area (Å²) in [5, 5.41) is 14.5. The summed E-state index contributed by atoms with van der Waals surface area (Å²) in [5.41, 5.74) is 0.507. The molecule has 0 bridgehead atoms. The largest absolute Gasteiger partial charge is 0.550 e. The van der Waals surface area contributed by atoms with Crippen LogP contribution in [0.15, 0.2) is 18.2 Å². The van der Waals surface area contributed by atoms with E-state index < -0.39 is 17.8 Å². The second-order valence-corrected chi connectivity index (χ2v) is 5.75. The molecule has 1 aromatic carbocycles. The first kappa shape index (κ1) is 15.1. The number of carbonyl (C=O) groups is 2. The Morgan fingerprint density at radius 1 is 1.10 bits per heavy atom. The van der Waals surface area contributed by atoms with E-state index in [2.05, 4.69) is 5.32 Å². The van der Waals surface area contributed by atoms with Crippen molar-refractivity contribution in [1.82, 2.24) is 0 Å². The summed E-state index contributed by atoms with van der Waals surface area (Å²) in [6.45, 7) is 0. The summed E-state index contributed by atoms with van der Waals surface area (Å²) < 4.78 is 0. The van der Waals surface area contributed by atoms with Crippen molar-refractivity contribution in [2.75, 3.05) is 5.32 Å². The van der Waals surface area contributed by atoms with Crippen LogP contribution in [0.1, 0.15) is 25.7 Å². The molecule has 0 heterocycles. The molecule has 20 heavy (non-hydrogen) atoms. The van der Waals surface area contributed by atoms with Crippen LogP contribution in [0.5, 0.6) is 0 Å². The first-order chi connectivity index (χ1) is 9.49. The fourth-order valence-corrected chi connectivity index (χ4v) is 2.83. The summed E-state index contributed by atoms with van der Waals surface area (Å²) in [7, 11) is 0. The molecule has 1 aliphatic rings. The van der Waals surface area contributed by atoms with Crippen LogP contribution < -0.4 is 10.4 Å². The Bertz CT molecular complexity index is 533. The molecule has 108 valence electrons. The van der Waals surface area contributed by atoms with Crippen LogP contribution >= 0.6 is 23.2 Å². The van der Waals surface area contributed by atoms with Crippen molar-refractivity contribution in [1.29, 1.82) is 0 Å². The fraction of sp³-hybridized carbons (Fsp3) is 0.429. The van der Waals surface area contributed by atoms with Gasteiger partial charge in [-0.2, -0.15) is 0 Å². The number of carboxylic acids is 1. The normalized spacial score (nSPS) is 22.3. The zero-order valence-electron chi connectivity index (χ0n) is 10.7. The third kappa shape index (κ3) is 3.44. The molecular formula is C14H14Cl2NO3-. The van der Waals surface area contributed by atoms with Gasteiger partial charge in [-0.3, -0.25) is 4.79 Å². The topological polar surface area (TPSA) is 69.2 Å². The van der Waals surface area contributed by atoms with E-state index in [0.29, 0.717) is 28.6 Å². The number of amides is 1. The van der Waals surface area contributed by atoms with Gasteiger partial charge in [0.15, 0.2) is 0 Å². The van der Waals surface area contributed by atoms with Crippen LogP contribution in [0.4, 0.5) is 5.69 Å². The zero-order chi connectivity index (χ0) is 14.7. The summed E-state index contributed by atoms with van der Waals surface area (Å²) in [5.74, 6) is -2.73. The van der Waals surface area contributed by atoms with E-state index in [1.165, 1.54) is 0 Å². The van der Waals surface area contributed by atoms with E-state index in [1.807, 2.05) is 0 Å². The first-order valence-corrected chi connectivity index (χ1v) is 7.21. The van der Waals surface area contributed by atoms with Crippen molar-refractivity contribution in [3.8, 4) is 0 Å². The Labute approximate surface area is 127 Å². The van der Waals surface area contributed by atoms with Gasteiger partial charge in [0.2, 0.25) is 5.91 Å². The van der Waals surface area contributed by atoms with Gasteiger partial charge in [-0.25, -0.2) is 0 Å². The summed E-state index contributed by atoms with van der Waals surface area (Å²) >= 11 is 11.7. The zero-order valence-corrected chi connectivity index (χ0v) is 12.2. The average Bonchev–Trinajstić information content (AvgIpc) is 2.43. The monoisotopic (exact) mass is 314 g/mol. The lowest BCUT2D eigenvalue weighted by atomic mass is 9.78. The van der Waals surface area contributed by atoms with E-state index in [0.717, 1.165) is 12.8 Å². The summed E-state index contributed by atoms with van der Waals surface area (Å²) in [6, 6.07) is 4.75. The van der Waals surface area contributed by atoms with Gasteiger partial charge in [0.1, 0.15) is 0 Å². The van der Waals surface area contributed by atoms with E-state index in [9.17, 15) is 14.7 Å². The maximum Gasteiger partial charge on any atom is 0.228 e. The van der Waals surface area contributed by atoms with Crippen molar-refractivity contribution >= 4 is 40.8 Å². The van der Waals surface area contributed by atoms with Gasteiger partial charge in [-0.05, 0) is 31.0 Å². The van der Waals surface area contributed by atoms with Crippen molar-refractivity contribution in [2.45, 2.75) is 25.7 Å². The average molecular weight is 315 g/mol. The van der Waals surface area contributed by atoms with Crippen LogP contribution in [-0.2, 0) is 9.59 Å². The van der Waals surface area contributed by atoms with Crippen molar-refractivity contribution in [3.05, 3.63) is 28.2 Å². The molecule has 0 radical (unpaired) electrons. The number of halogens is 2. The van der Waals surface area contributed by atoms with Gasteiger partial charge in [0.25, 0.3) is 0 Å². The molecule has 0 spiro atoms. The molecule has 0 saturated heterocycles. The van der Waals surface area contributed by atoms with Crippen LogP contribution in [0.25, 0.3) is 0 Å². The Morgan fingerprint density at radius 3 is 2.35 bits per heavy atom. The Morgan fingerprint density at radius 2 is 1.75 bits per heavy atom. The molecule has 2 atom stereocenters. The predicted molar refractivity (Wildman–Crippen MR) is 75.5 cm³/mol. The van der Waals surface area contributed by atoms with Crippen molar-refractivity contribution < 1.29 is 14.7 Å². The number of hydrogen-bond acceptors (Lipinski definition) is 3. The van der Waals surface area contributed by atoms with E-state index in [-0.39, 0.29) is 5.91 Å². The van der Waals surface area contributed by atoms with Gasteiger partial charge in [-0.1, -0.05) is 36.0 Å². The summed E-state index contributed by atoms with van der Waals surface area (Å²) in [6.07, 6.45) is 2.71. The number of carbonyl (C=O) groups excluding carboxylic acids is 2. The van der Waals surface area contributed by atoms with Crippen molar-refractivity contribution in [3.63, 3.8) is 0 Å². The molecule has 1 N–H and O–H groups in total. The number of anilines is 1. The smallest absolute Gasteiger partial charge is 0.228 e. The highest BCUT2D eigenvalue weighted by molar-refractivity contribution is 6.42. The van der Waals surface area contributed by atoms with Gasteiger partial charge in [-0.15, -0.1) is 0 Å². The lowest BCUT2D eigenvalue weighted by molar-refractivity contribution is -0.313. The highest BCUT2D eigenvalue weighted by Crippen LogP contribution is 2.31. The number of nitrogens with one attached hydrogen (secondary N) is 1. The quantitative estimate of drug-likeness (QED) is 0.931. The lowest BCUT2D eigenvalue weighted by Gasteiger charge is -2.31. The molecule has 0 aromatic heterocycles. The highest BCUT2D eigenvalue weighted by Gasteiger charge is 2.31. The van der Waals surface area contributed by atoms with Gasteiger partial charge >= 0.3 is 0 Å². The van der Waals surface area contributed by atoms with Crippen LogP contribution in [0, 0.1) is 11.8 Å². The number of aliphatic carboxylic acids is 1. The van der Waals surface area contributed by atoms with E-state index in [1.54, 1.807) is 18.2 Å². The molecule has 0 unspecified atom stereocenters. The minimum absolute atomic E-state index is 0.308. The molecule has 6 heteroatoms. The second kappa shape index (κ2) is 6.46. The standard InChI is InChI=1S/C14H15Cl2NO3/c15-11-6-5-8(7-12(11)16)17-13(18)9-3-1-2-4-10(9)14(19)20/h5-7,9-10H,1-4H2,(H,17,18)(H,19,20)/p-1/t9-,10+/m0/s1. The molecule has 0 aliphatic heterocycles. The number of benzene rings is 1. The Balaban J connectivity index is 2.09. The molecule has 1 aliphatic carbocycles. The molecule has 1 amide bonds. The third-order valence-electron chi connectivity index (χ3n) is 3.59. The van der Waals surface area contributed by atoms with Gasteiger partial charge < -0.3 is 15.2 Å². The molecule has 4 nitrogen and oxygen atoms in total. The van der Waals surface area contributed by atoms with Crippen molar-refractivity contribution in [2.24, 2.45) is 11.8 Å². The maximum absolute atomic E-state index is 12.2. The SMILES string of the molecule is O=C(Nc1ccc(Cl)c(Cl)c1)[C@H]1CCCC[C@H]1C(=O)[O-]. The summed E-state index contributed by atoms with van der Waals surface area (Å²) in [4.78, 5) is 23.3. The second-order valence-electron chi connectivity index (χ2n) is 4.93. The first-order valence-electron chi connectivity index (χ1n) is 6.46. The minimum Gasteiger partial charge on any atom is -0.550 e. The number of carboxylic acid groups (broad SMARTS) is 1. The van der Waals surface area contributed by atoms with Crippen LogP contribution in [0.2, 0.25) is 10.0 Å². The third-order valence-corrected chi connectivity index (χ3v) is 4.33. The maximum atomic E-state index is 12.2. The van der Waals surface area contributed by atoms with Gasteiger partial charge in [0.05, 0.1) is 10.0 Å². The molecular weight excluding hydrogens is 301 g/mol. The number of hydrogen-bond donors (Lipinski definition) is 1. The van der Waals surface area contributed by atoms with E-state index in [4.69, 9.17) is 23.2 Å². The number of rotatable bonds is 3. The molecule has 1 aromatic rings. The van der Waals surface area contributed by atoms with Gasteiger partial charge in [0, 0.05) is 23.5 Å². The molecule has 1 fully saturated rings. The predicted octanol–water partition coefficient (Wildman–Crippen LogP) is 2.49. The molecule has 1 saturated carbocycles. The van der Waals surface area contributed by atoms with Crippen LogP contribution in [-0.4, -0.2) is 11.9 Å². The lowest BCUT2D eigenvalue weighted by Crippen LogP contribution is -2.42. The Hall–Kier alpha value is -1.26. The molecule has 2 rings (SSSR count). The Kier molecular flexibility index (Phi) is 4.89. The van der Waals surface area contributed by atoms with Crippen LogP contribution in [0.3, 0.4) is 0 Å². The van der Waals surface area contributed by atoms with E-state index >= 15 is 0 Å². The highest BCUT2D eigenvalue weighted by atomic mass is 35.5. The fourth-order valence-electron chi connectivity index (χ4n) is 2.54. The minimum atomic E-state index is -1.15.